The summed E-state index contributed by atoms with van der Waals surface area (Å²) in [5.74, 6) is 0.517. The second-order valence-electron chi connectivity index (χ2n) is 9.19. The van der Waals surface area contributed by atoms with E-state index in [2.05, 4.69) is 27.5 Å². The Bertz CT molecular complexity index is 1080. The Balaban J connectivity index is 1.62. The molecule has 4 rings (SSSR count). The number of para-hydroxylation sites is 1. The van der Waals surface area contributed by atoms with Crippen LogP contribution >= 0.6 is 0 Å². The predicted octanol–water partition coefficient (Wildman–Crippen LogP) is 2.65. The van der Waals surface area contributed by atoms with Crippen molar-refractivity contribution < 1.29 is 9.59 Å². The van der Waals surface area contributed by atoms with Crippen LogP contribution in [0, 0.1) is 0 Å². The number of rotatable bonds is 5. The van der Waals surface area contributed by atoms with E-state index < -0.39 is 12.2 Å². The number of anilines is 3. The standard InChI is InChI=1S/C26H35N7O2/c1-5-14-33-22-9-7-6-8-21(22)24(32-17-15-31(4)16-18-32)28-23(25(33)34)29-26(35)27-19-10-12-20(13-11-19)30(2)3/h6-13,23H,5,14-18H2,1-4H3,(H2,27,29,35)/t23-/m0/s1. The van der Waals surface area contributed by atoms with Gasteiger partial charge in [0, 0.05) is 63.8 Å². The van der Waals surface area contributed by atoms with Crippen LogP contribution < -0.4 is 20.4 Å². The number of urea groups is 1. The van der Waals surface area contributed by atoms with Crippen molar-refractivity contribution >= 4 is 34.8 Å². The van der Waals surface area contributed by atoms with Gasteiger partial charge in [0.25, 0.3) is 5.91 Å². The number of carbonyl (C=O) groups is 2. The lowest BCUT2D eigenvalue weighted by molar-refractivity contribution is -0.120. The Kier molecular flexibility index (Phi) is 7.55. The minimum absolute atomic E-state index is 0.235. The van der Waals surface area contributed by atoms with Gasteiger partial charge in [0.1, 0.15) is 5.84 Å². The summed E-state index contributed by atoms with van der Waals surface area (Å²) >= 11 is 0. The van der Waals surface area contributed by atoms with Crippen molar-refractivity contribution in [1.82, 2.24) is 15.1 Å². The predicted molar refractivity (Wildman–Crippen MR) is 141 cm³/mol. The zero-order chi connectivity index (χ0) is 24.9. The van der Waals surface area contributed by atoms with Gasteiger partial charge in [-0.15, -0.1) is 0 Å². The molecule has 0 saturated carbocycles. The Hall–Kier alpha value is -3.59. The zero-order valence-electron chi connectivity index (χ0n) is 21.0. The van der Waals surface area contributed by atoms with Crippen molar-refractivity contribution in [2.75, 3.05) is 69.0 Å². The highest BCUT2D eigenvalue weighted by Gasteiger charge is 2.34. The normalized spacial score (nSPS) is 18.5. The molecule has 2 aliphatic rings. The van der Waals surface area contributed by atoms with Crippen LogP contribution in [0.2, 0.25) is 0 Å². The van der Waals surface area contributed by atoms with Crippen molar-refractivity contribution in [3.8, 4) is 0 Å². The highest BCUT2D eigenvalue weighted by atomic mass is 16.2. The molecular weight excluding hydrogens is 442 g/mol. The van der Waals surface area contributed by atoms with Crippen LogP contribution in [0.3, 0.4) is 0 Å². The number of carbonyl (C=O) groups excluding carboxylic acids is 2. The maximum absolute atomic E-state index is 13.6. The smallest absolute Gasteiger partial charge is 0.321 e. The Labute approximate surface area is 207 Å². The number of likely N-dealkylation sites (N-methyl/N-ethyl adjacent to an activating group) is 1. The summed E-state index contributed by atoms with van der Waals surface area (Å²) in [7, 11) is 6.03. The Morgan fingerprint density at radius 2 is 1.74 bits per heavy atom. The monoisotopic (exact) mass is 477 g/mol. The van der Waals surface area contributed by atoms with Gasteiger partial charge >= 0.3 is 6.03 Å². The van der Waals surface area contributed by atoms with E-state index in [0.29, 0.717) is 12.2 Å². The molecule has 186 valence electrons. The van der Waals surface area contributed by atoms with E-state index in [-0.39, 0.29) is 5.91 Å². The summed E-state index contributed by atoms with van der Waals surface area (Å²) in [5.41, 5.74) is 3.43. The molecule has 9 heteroatoms. The third kappa shape index (κ3) is 5.57. The number of amidine groups is 1. The molecule has 2 heterocycles. The Morgan fingerprint density at radius 1 is 1.06 bits per heavy atom. The summed E-state index contributed by atoms with van der Waals surface area (Å²) in [5, 5.41) is 5.66. The van der Waals surface area contributed by atoms with E-state index in [4.69, 9.17) is 4.99 Å². The van der Waals surface area contributed by atoms with Crippen molar-refractivity contribution in [2.24, 2.45) is 4.99 Å². The second-order valence-corrected chi connectivity index (χ2v) is 9.19. The van der Waals surface area contributed by atoms with Crippen molar-refractivity contribution in [1.29, 1.82) is 0 Å². The van der Waals surface area contributed by atoms with Gasteiger partial charge in [-0.1, -0.05) is 19.1 Å². The number of nitrogens with one attached hydrogen (secondary N) is 2. The first-order valence-corrected chi connectivity index (χ1v) is 12.1. The van der Waals surface area contributed by atoms with E-state index in [1.54, 1.807) is 4.90 Å². The molecular formula is C26H35N7O2. The van der Waals surface area contributed by atoms with Crippen LogP contribution in [0.25, 0.3) is 0 Å². The molecule has 3 amide bonds. The zero-order valence-corrected chi connectivity index (χ0v) is 21.0. The van der Waals surface area contributed by atoms with Crippen LogP contribution in [0.15, 0.2) is 53.5 Å². The summed E-state index contributed by atoms with van der Waals surface area (Å²) in [4.78, 5) is 39.6. The maximum Gasteiger partial charge on any atom is 0.321 e. The average molecular weight is 478 g/mol. The van der Waals surface area contributed by atoms with Crippen LogP contribution in [0.4, 0.5) is 21.9 Å². The quantitative estimate of drug-likeness (QED) is 0.692. The first-order chi connectivity index (χ1) is 16.9. The minimum atomic E-state index is -1.02. The van der Waals surface area contributed by atoms with Crippen molar-refractivity contribution in [3.63, 3.8) is 0 Å². The van der Waals surface area contributed by atoms with Gasteiger partial charge in [-0.25, -0.2) is 9.79 Å². The first-order valence-electron chi connectivity index (χ1n) is 12.1. The van der Waals surface area contributed by atoms with Gasteiger partial charge in [-0.05, 0) is 49.9 Å². The van der Waals surface area contributed by atoms with E-state index in [1.807, 2.05) is 74.4 Å². The molecule has 35 heavy (non-hydrogen) atoms. The topological polar surface area (TPSA) is 83.5 Å². The van der Waals surface area contributed by atoms with E-state index in [1.165, 1.54) is 0 Å². The number of amides is 3. The van der Waals surface area contributed by atoms with Gasteiger partial charge in [0.05, 0.1) is 5.69 Å². The van der Waals surface area contributed by atoms with Crippen molar-refractivity contribution in [3.05, 3.63) is 54.1 Å². The van der Waals surface area contributed by atoms with Crippen LogP contribution in [-0.4, -0.2) is 87.6 Å². The van der Waals surface area contributed by atoms with Gasteiger partial charge in [-0.3, -0.25) is 4.79 Å². The minimum Gasteiger partial charge on any atom is -0.378 e. The molecule has 0 aliphatic carbocycles. The van der Waals surface area contributed by atoms with Crippen LogP contribution in [0.5, 0.6) is 0 Å². The summed E-state index contributed by atoms with van der Waals surface area (Å²) < 4.78 is 0. The highest BCUT2D eigenvalue weighted by Crippen LogP contribution is 2.27. The average Bonchev–Trinajstić information content (AvgIpc) is 2.96. The first kappa shape index (κ1) is 24.5. The fraction of sp³-hybridized carbons (Fsp3) is 0.423. The largest absolute Gasteiger partial charge is 0.378 e. The SMILES string of the molecule is CCCN1C(=O)[C@H](NC(=O)Nc2ccc(N(C)C)cc2)N=C(N2CCN(C)CC2)c2ccccc21. The number of piperazine rings is 1. The second kappa shape index (κ2) is 10.8. The van der Waals surface area contributed by atoms with Gasteiger partial charge in [0.2, 0.25) is 6.17 Å². The van der Waals surface area contributed by atoms with Crippen molar-refractivity contribution in [2.45, 2.75) is 19.5 Å². The summed E-state index contributed by atoms with van der Waals surface area (Å²) in [6.45, 7) is 6.03. The maximum atomic E-state index is 13.6. The van der Waals surface area contributed by atoms with Crippen LogP contribution in [0.1, 0.15) is 18.9 Å². The molecule has 9 nitrogen and oxygen atoms in total. The molecule has 2 N–H and O–H groups in total. The summed E-state index contributed by atoms with van der Waals surface area (Å²) in [6, 6.07) is 14.9. The van der Waals surface area contributed by atoms with E-state index in [0.717, 1.165) is 55.4 Å². The van der Waals surface area contributed by atoms with Crippen LogP contribution in [-0.2, 0) is 4.79 Å². The lowest BCUT2D eigenvalue weighted by Crippen LogP contribution is -2.50. The number of hydrogen-bond donors (Lipinski definition) is 2. The number of benzene rings is 2. The van der Waals surface area contributed by atoms with Gasteiger partial charge in [-0.2, -0.15) is 0 Å². The fourth-order valence-electron chi connectivity index (χ4n) is 4.36. The van der Waals surface area contributed by atoms with E-state index in [9.17, 15) is 9.59 Å². The number of benzodiazepines with no additional fused rings is 1. The molecule has 0 aromatic heterocycles. The third-order valence-corrected chi connectivity index (χ3v) is 6.35. The lowest BCUT2D eigenvalue weighted by Gasteiger charge is -2.35. The molecule has 2 aromatic rings. The van der Waals surface area contributed by atoms with Gasteiger partial charge in [0.15, 0.2) is 0 Å². The molecule has 1 saturated heterocycles. The van der Waals surface area contributed by atoms with E-state index >= 15 is 0 Å². The number of nitrogens with zero attached hydrogens (tertiary/aromatic N) is 5. The third-order valence-electron chi connectivity index (χ3n) is 6.35. The molecule has 0 bridgehead atoms. The molecule has 1 fully saturated rings. The summed E-state index contributed by atoms with van der Waals surface area (Å²) in [6.07, 6.45) is -0.231. The number of hydrogen-bond acceptors (Lipinski definition) is 6. The molecule has 2 aromatic carbocycles. The Morgan fingerprint density at radius 3 is 2.40 bits per heavy atom. The molecule has 0 spiro atoms. The molecule has 2 aliphatic heterocycles. The fourth-order valence-corrected chi connectivity index (χ4v) is 4.36. The van der Waals surface area contributed by atoms with Gasteiger partial charge < -0.3 is 30.2 Å². The number of aliphatic imine (C=N–C) groups is 1. The molecule has 0 unspecified atom stereocenters. The highest BCUT2D eigenvalue weighted by molar-refractivity contribution is 6.12. The lowest BCUT2D eigenvalue weighted by atomic mass is 10.1. The molecule has 1 atom stereocenters. The number of fused-ring (bicyclic) bond motifs is 1. The molecule has 0 radical (unpaired) electrons.